The highest BCUT2D eigenvalue weighted by Crippen LogP contribution is 2.12. The molecule has 7 heteroatoms. The van der Waals surface area contributed by atoms with Gasteiger partial charge in [0.1, 0.15) is 23.6 Å². The Labute approximate surface area is 127 Å². The molecule has 22 heavy (non-hydrogen) atoms. The first-order valence-electron chi connectivity index (χ1n) is 6.52. The van der Waals surface area contributed by atoms with Gasteiger partial charge in [-0.1, -0.05) is 23.4 Å². The van der Waals surface area contributed by atoms with Gasteiger partial charge in [0, 0.05) is 25.2 Å². The van der Waals surface area contributed by atoms with Crippen molar-refractivity contribution < 1.29 is 8.91 Å². The smallest absolute Gasteiger partial charge is 0.143 e. The maximum atomic E-state index is 13.7. The number of hydrogen-bond donors (Lipinski definition) is 3. The van der Waals surface area contributed by atoms with E-state index < -0.39 is 0 Å². The van der Waals surface area contributed by atoms with Gasteiger partial charge in [-0.2, -0.15) is 0 Å². The number of rotatable bonds is 6. The van der Waals surface area contributed by atoms with Gasteiger partial charge in [-0.05, 0) is 12.1 Å². The van der Waals surface area contributed by atoms with Crippen molar-refractivity contribution in [1.29, 1.82) is 5.41 Å². The molecule has 1 aromatic heterocycles. The molecule has 0 aliphatic rings. The van der Waals surface area contributed by atoms with Gasteiger partial charge >= 0.3 is 0 Å². The van der Waals surface area contributed by atoms with Crippen LogP contribution in [0.4, 0.5) is 4.39 Å². The van der Waals surface area contributed by atoms with Crippen LogP contribution in [0.2, 0.25) is 0 Å². The lowest BCUT2D eigenvalue weighted by atomic mass is 10.2. The van der Waals surface area contributed by atoms with E-state index in [9.17, 15) is 4.39 Å². The second-order valence-corrected chi connectivity index (χ2v) is 4.41. The quantitative estimate of drug-likeness (QED) is 0.561. The van der Waals surface area contributed by atoms with Crippen molar-refractivity contribution in [3.8, 4) is 0 Å². The average molecular weight is 301 g/mol. The molecule has 0 unspecified atom stereocenters. The molecule has 6 nitrogen and oxygen atoms in total. The van der Waals surface area contributed by atoms with E-state index in [-0.39, 0.29) is 23.9 Å². The molecular weight excluding hydrogens is 285 g/mol. The van der Waals surface area contributed by atoms with E-state index in [1.807, 2.05) is 0 Å². The van der Waals surface area contributed by atoms with Crippen LogP contribution in [0.15, 0.2) is 52.2 Å². The highest BCUT2D eigenvalue weighted by Gasteiger charge is 2.09. The fourth-order valence-electron chi connectivity index (χ4n) is 1.74. The van der Waals surface area contributed by atoms with Gasteiger partial charge in [-0.3, -0.25) is 10.4 Å². The molecule has 0 aliphatic heterocycles. The number of nitrogens with one attached hydrogen (secondary N) is 2. The minimum atomic E-state index is -0.306. The van der Waals surface area contributed by atoms with Crippen molar-refractivity contribution in [2.45, 2.75) is 6.54 Å². The summed E-state index contributed by atoms with van der Waals surface area (Å²) in [6.45, 7) is 0.238. The predicted octanol–water partition coefficient (Wildman–Crippen LogP) is 1.95. The van der Waals surface area contributed by atoms with Crippen molar-refractivity contribution in [3.63, 3.8) is 0 Å². The number of aromatic nitrogens is 1. The van der Waals surface area contributed by atoms with Crippen LogP contribution in [-0.4, -0.2) is 23.8 Å². The Balaban J connectivity index is 2.21. The van der Waals surface area contributed by atoms with Crippen molar-refractivity contribution in [1.82, 2.24) is 10.5 Å². The molecule has 2 rings (SSSR count). The van der Waals surface area contributed by atoms with E-state index >= 15 is 0 Å². The molecule has 0 amide bonds. The topological polar surface area (TPSA) is 100 Å². The number of nitrogens with zero attached hydrogens (tertiary/aromatic N) is 2. The highest BCUT2D eigenvalue weighted by atomic mass is 19.1. The van der Waals surface area contributed by atoms with Gasteiger partial charge in [0.05, 0.1) is 11.4 Å². The van der Waals surface area contributed by atoms with Crippen LogP contribution in [0.5, 0.6) is 0 Å². The first-order chi connectivity index (χ1) is 10.6. The van der Waals surface area contributed by atoms with Gasteiger partial charge in [0.2, 0.25) is 0 Å². The summed E-state index contributed by atoms with van der Waals surface area (Å²) in [6, 6.07) is 8.08. The summed E-state index contributed by atoms with van der Waals surface area (Å²) >= 11 is 0. The minimum absolute atomic E-state index is 0.0292. The zero-order valence-electron chi connectivity index (χ0n) is 12.0. The van der Waals surface area contributed by atoms with Crippen LogP contribution in [0, 0.1) is 11.2 Å². The second kappa shape index (κ2) is 7.16. The molecule has 0 saturated carbocycles. The van der Waals surface area contributed by atoms with E-state index in [1.54, 1.807) is 24.3 Å². The van der Waals surface area contributed by atoms with E-state index in [2.05, 4.69) is 15.5 Å². The number of amidine groups is 1. The van der Waals surface area contributed by atoms with E-state index in [0.29, 0.717) is 17.0 Å². The molecule has 0 spiro atoms. The molecular formula is C15H16FN5O. The monoisotopic (exact) mass is 301 g/mol. The van der Waals surface area contributed by atoms with Crippen LogP contribution in [0.3, 0.4) is 0 Å². The lowest BCUT2D eigenvalue weighted by Crippen LogP contribution is -2.23. The first kappa shape index (κ1) is 15.4. The van der Waals surface area contributed by atoms with E-state index in [1.165, 1.54) is 25.5 Å². The second-order valence-electron chi connectivity index (χ2n) is 4.41. The third-order valence-corrected chi connectivity index (χ3v) is 2.95. The molecule has 4 N–H and O–H groups in total. The molecule has 114 valence electrons. The fourth-order valence-corrected chi connectivity index (χ4v) is 1.74. The maximum Gasteiger partial charge on any atom is 0.143 e. The zero-order valence-corrected chi connectivity index (χ0v) is 12.0. The van der Waals surface area contributed by atoms with Crippen LogP contribution >= 0.6 is 0 Å². The van der Waals surface area contributed by atoms with E-state index in [0.717, 1.165) is 0 Å². The van der Waals surface area contributed by atoms with Gasteiger partial charge in [-0.15, -0.1) is 0 Å². The number of aliphatic imine (C=N–C) groups is 1. The molecule has 1 heterocycles. The van der Waals surface area contributed by atoms with Gasteiger partial charge in [-0.25, -0.2) is 4.39 Å². The summed E-state index contributed by atoms with van der Waals surface area (Å²) in [6.07, 6.45) is 2.88. The Hall–Kier alpha value is -2.96. The fraction of sp³-hybridized carbons (Fsp3) is 0.133. The van der Waals surface area contributed by atoms with Crippen molar-refractivity contribution in [2.75, 3.05) is 7.05 Å². The molecule has 0 radical (unpaired) electrons. The summed E-state index contributed by atoms with van der Waals surface area (Å²) in [5, 5.41) is 14.7. The van der Waals surface area contributed by atoms with Crippen LogP contribution in [0.1, 0.15) is 11.3 Å². The number of benzene rings is 1. The summed E-state index contributed by atoms with van der Waals surface area (Å²) in [5.41, 5.74) is 7.11. The first-order valence-corrected chi connectivity index (χ1v) is 6.52. The van der Waals surface area contributed by atoms with Crippen LogP contribution < -0.4 is 11.1 Å². The number of nitrogens with two attached hydrogens (primary N) is 1. The lowest BCUT2D eigenvalue weighted by molar-refractivity contribution is 0.417. The lowest BCUT2D eigenvalue weighted by Gasteiger charge is -2.10. The largest absolute Gasteiger partial charge is 0.382 e. The molecule has 1 aromatic carbocycles. The summed E-state index contributed by atoms with van der Waals surface area (Å²) in [5.74, 6) is -0.215. The minimum Gasteiger partial charge on any atom is -0.382 e. The average Bonchev–Trinajstić information content (AvgIpc) is 3.06. The highest BCUT2D eigenvalue weighted by molar-refractivity contribution is 6.44. The molecule has 0 saturated heterocycles. The Kier molecular flexibility index (Phi) is 5.02. The summed E-state index contributed by atoms with van der Waals surface area (Å²) < 4.78 is 18.5. The standard InChI is InChI=1S/C15H16FN5O/c1-19-15(18)12(17)8-14(13-6-7-22-21-13)20-9-10-4-2-3-5-11(10)16/h2-8,17,20H,9H2,1H3,(H2,18,19)/b14-8-,17-12?. The number of hydrogen-bond acceptors (Lipinski definition) is 5. The van der Waals surface area contributed by atoms with Crippen molar-refractivity contribution >= 4 is 17.2 Å². The Bertz CT molecular complexity index is 706. The van der Waals surface area contributed by atoms with Crippen molar-refractivity contribution in [2.24, 2.45) is 10.7 Å². The maximum absolute atomic E-state index is 13.7. The SMILES string of the molecule is C/N=C(\N)C(=N)/C=C(\NCc1ccccc1F)c1ccon1. The molecule has 0 fully saturated rings. The Morgan fingerprint density at radius 2 is 2.23 bits per heavy atom. The molecule has 2 aromatic rings. The number of halogens is 1. The predicted molar refractivity (Wildman–Crippen MR) is 83.0 cm³/mol. The summed E-state index contributed by atoms with van der Waals surface area (Å²) in [4.78, 5) is 3.75. The Morgan fingerprint density at radius 3 is 2.86 bits per heavy atom. The van der Waals surface area contributed by atoms with Gasteiger partial charge in [0.15, 0.2) is 0 Å². The van der Waals surface area contributed by atoms with Crippen LogP contribution in [-0.2, 0) is 6.54 Å². The third-order valence-electron chi connectivity index (χ3n) is 2.95. The van der Waals surface area contributed by atoms with Gasteiger partial charge in [0.25, 0.3) is 0 Å². The van der Waals surface area contributed by atoms with Crippen molar-refractivity contribution in [3.05, 3.63) is 59.7 Å². The molecule has 0 aliphatic carbocycles. The normalized spacial score (nSPS) is 12.3. The molecule has 0 bridgehead atoms. The molecule has 0 atom stereocenters. The zero-order chi connectivity index (χ0) is 15.9. The van der Waals surface area contributed by atoms with E-state index in [4.69, 9.17) is 15.7 Å². The third kappa shape index (κ3) is 3.78. The van der Waals surface area contributed by atoms with Gasteiger partial charge < -0.3 is 15.6 Å². The Morgan fingerprint density at radius 1 is 1.45 bits per heavy atom. The summed E-state index contributed by atoms with van der Waals surface area (Å²) in [7, 11) is 1.50. The van der Waals surface area contributed by atoms with Crippen LogP contribution in [0.25, 0.3) is 5.70 Å².